The fourth-order valence-electron chi connectivity index (χ4n) is 3.55. The Bertz CT molecular complexity index is 1280. The minimum absolute atomic E-state index is 0.112. The lowest BCUT2D eigenvalue weighted by Gasteiger charge is -2.11. The Morgan fingerprint density at radius 3 is 2.39 bits per heavy atom. The van der Waals surface area contributed by atoms with E-state index in [4.69, 9.17) is 4.98 Å². The first kappa shape index (κ1) is 19.0. The second-order valence-corrected chi connectivity index (χ2v) is 7.72. The van der Waals surface area contributed by atoms with Gasteiger partial charge in [-0.25, -0.2) is 4.98 Å². The Morgan fingerprint density at radius 1 is 0.806 bits per heavy atom. The van der Waals surface area contributed by atoms with Gasteiger partial charge in [0.25, 0.3) is 11.8 Å². The molecule has 5 heteroatoms. The van der Waals surface area contributed by atoms with Crippen molar-refractivity contribution in [3.63, 3.8) is 0 Å². The summed E-state index contributed by atoms with van der Waals surface area (Å²) in [5.74, 6) is -0.352. The third-order valence-electron chi connectivity index (χ3n) is 5.33. The highest BCUT2D eigenvalue weighted by Crippen LogP contribution is 2.26. The van der Waals surface area contributed by atoms with Crippen LogP contribution in [0.2, 0.25) is 0 Å². The molecule has 152 valence electrons. The normalized spacial score (nSPS) is 13.0. The molecular weight excluding hydrogens is 386 g/mol. The highest BCUT2D eigenvalue weighted by Gasteiger charge is 2.24. The van der Waals surface area contributed by atoms with Gasteiger partial charge in [0, 0.05) is 28.2 Å². The number of fused-ring (bicyclic) bond motifs is 1. The molecule has 4 aromatic rings. The van der Waals surface area contributed by atoms with Gasteiger partial charge in [-0.05, 0) is 43.2 Å². The Labute approximate surface area is 180 Å². The average molecular weight is 407 g/mol. The van der Waals surface area contributed by atoms with Crippen molar-refractivity contribution in [2.24, 2.45) is 0 Å². The molecule has 31 heavy (non-hydrogen) atoms. The van der Waals surface area contributed by atoms with E-state index in [2.05, 4.69) is 10.6 Å². The van der Waals surface area contributed by atoms with Crippen LogP contribution in [0.5, 0.6) is 0 Å². The number of anilines is 1. The summed E-state index contributed by atoms with van der Waals surface area (Å²) in [5.41, 5.74) is 4.09. The van der Waals surface area contributed by atoms with E-state index in [-0.39, 0.29) is 17.9 Å². The zero-order valence-corrected chi connectivity index (χ0v) is 16.8. The number of rotatable bonds is 5. The zero-order valence-electron chi connectivity index (χ0n) is 16.8. The molecule has 1 aliphatic carbocycles. The lowest BCUT2D eigenvalue weighted by Crippen LogP contribution is -2.25. The largest absolute Gasteiger partial charge is 0.349 e. The molecule has 1 saturated carbocycles. The van der Waals surface area contributed by atoms with E-state index in [9.17, 15) is 9.59 Å². The minimum atomic E-state index is -0.240. The van der Waals surface area contributed by atoms with Gasteiger partial charge in [0.15, 0.2) is 0 Å². The molecule has 5 nitrogen and oxygen atoms in total. The van der Waals surface area contributed by atoms with Crippen molar-refractivity contribution in [1.29, 1.82) is 0 Å². The van der Waals surface area contributed by atoms with Crippen LogP contribution in [0.1, 0.15) is 33.6 Å². The number of hydrogen-bond acceptors (Lipinski definition) is 3. The number of hydrogen-bond donors (Lipinski definition) is 2. The molecule has 3 aromatic carbocycles. The number of carbonyl (C=O) groups excluding carboxylic acids is 2. The summed E-state index contributed by atoms with van der Waals surface area (Å²) in [4.78, 5) is 30.3. The first-order valence-corrected chi connectivity index (χ1v) is 10.3. The third kappa shape index (κ3) is 4.16. The number of pyridine rings is 1. The third-order valence-corrected chi connectivity index (χ3v) is 5.33. The summed E-state index contributed by atoms with van der Waals surface area (Å²) in [6.45, 7) is 0. The molecule has 0 radical (unpaired) electrons. The summed E-state index contributed by atoms with van der Waals surface area (Å²) >= 11 is 0. The highest BCUT2D eigenvalue weighted by molar-refractivity contribution is 6.13. The second-order valence-electron chi connectivity index (χ2n) is 7.72. The van der Waals surface area contributed by atoms with Crippen molar-refractivity contribution in [3.05, 3.63) is 96.1 Å². The van der Waals surface area contributed by atoms with Crippen LogP contribution in [0, 0.1) is 0 Å². The molecule has 1 fully saturated rings. The first-order valence-electron chi connectivity index (χ1n) is 10.3. The van der Waals surface area contributed by atoms with E-state index >= 15 is 0 Å². The SMILES string of the molecule is O=C(NC1CC1)c1cccc(NC(=O)c2cc(-c3ccccc3)nc3ccccc23)c1. The maximum Gasteiger partial charge on any atom is 0.256 e. The molecule has 0 saturated heterocycles. The van der Waals surface area contributed by atoms with E-state index in [1.165, 1.54) is 0 Å². The van der Waals surface area contributed by atoms with Crippen LogP contribution in [0.15, 0.2) is 84.9 Å². The first-order chi connectivity index (χ1) is 15.2. The average Bonchev–Trinajstić information content (AvgIpc) is 3.63. The fraction of sp³-hybridized carbons (Fsp3) is 0.115. The predicted molar refractivity (Wildman–Crippen MR) is 122 cm³/mol. The Kier molecular flexibility index (Phi) is 4.92. The summed E-state index contributed by atoms with van der Waals surface area (Å²) in [6, 6.07) is 26.5. The molecule has 2 amide bonds. The van der Waals surface area contributed by atoms with Crippen molar-refractivity contribution >= 4 is 28.4 Å². The lowest BCUT2D eigenvalue weighted by molar-refractivity contribution is 0.0949. The molecule has 1 aliphatic rings. The van der Waals surface area contributed by atoms with Crippen LogP contribution in [0.25, 0.3) is 22.2 Å². The van der Waals surface area contributed by atoms with E-state index in [1.807, 2.05) is 60.7 Å². The zero-order chi connectivity index (χ0) is 21.2. The highest BCUT2D eigenvalue weighted by atomic mass is 16.2. The number of carbonyl (C=O) groups is 2. The second kappa shape index (κ2) is 8.03. The number of amides is 2. The molecular formula is C26H21N3O2. The van der Waals surface area contributed by atoms with Gasteiger partial charge in [-0.15, -0.1) is 0 Å². The summed E-state index contributed by atoms with van der Waals surface area (Å²) in [7, 11) is 0. The van der Waals surface area contributed by atoms with Crippen molar-refractivity contribution in [3.8, 4) is 11.3 Å². The van der Waals surface area contributed by atoms with Crippen LogP contribution < -0.4 is 10.6 Å². The van der Waals surface area contributed by atoms with Crippen LogP contribution in [-0.4, -0.2) is 22.8 Å². The molecule has 0 spiro atoms. The molecule has 5 rings (SSSR count). The predicted octanol–water partition coefficient (Wildman–Crippen LogP) is 5.05. The lowest BCUT2D eigenvalue weighted by atomic mass is 10.0. The van der Waals surface area contributed by atoms with Crippen molar-refractivity contribution in [2.75, 3.05) is 5.32 Å². The minimum Gasteiger partial charge on any atom is -0.349 e. The smallest absolute Gasteiger partial charge is 0.256 e. The summed E-state index contributed by atoms with van der Waals surface area (Å²) in [5, 5.41) is 6.70. The maximum atomic E-state index is 13.2. The van der Waals surface area contributed by atoms with Crippen molar-refractivity contribution in [2.45, 2.75) is 18.9 Å². The fourth-order valence-corrected chi connectivity index (χ4v) is 3.55. The number of nitrogens with one attached hydrogen (secondary N) is 2. The molecule has 2 N–H and O–H groups in total. The number of aromatic nitrogens is 1. The Hall–Kier alpha value is -3.99. The molecule has 0 unspecified atom stereocenters. The Balaban J connectivity index is 1.47. The van der Waals surface area contributed by atoms with Crippen LogP contribution >= 0.6 is 0 Å². The molecule has 0 bridgehead atoms. The van der Waals surface area contributed by atoms with Gasteiger partial charge < -0.3 is 10.6 Å². The molecule has 0 aliphatic heterocycles. The van der Waals surface area contributed by atoms with Gasteiger partial charge in [-0.3, -0.25) is 9.59 Å². The van der Waals surface area contributed by atoms with Gasteiger partial charge in [0.05, 0.1) is 16.8 Å². The van der Waals surface area contributed by atoms with Crippen LogP contribution in [0.3, 0.4) is 0 Å². The summed E-state index contributed by atoms with van der Waals surface area (Å²) < 4.78 is 0. The monoisotopic (exact) mass is 407 g/mol. The van der Waals surface area contributed by atoms with E-state index in [0.29, 0.717) is 16.8 Å². The van der Waals surface area contributed by atoms with Crippen molar-refractivity contribution < 1.29 is 9.59 Å². The molecule has 0 atom stereocenters. The van der Waals surface area contributed by atoms with Gasteiger partial charge >= 0.3 is 0 Å². The number of nitrogens with zero attached hydrogens (tertiary/aromatic N) is 1. The van der Waals surface area contributed by atoms with Gasteiger partial charge in [-0.1, -0.05) is 54.6 Å². The number of para-hydroxylation sites is 1. The Morgan fingerprint density at radius 2 is 1.58 bits per heavy atom. The standard InChI is InChI=1S/C26H21N3O2/c30-25(27-19-13-14-19)18-9-6-10-20(15-18)28-26(31)22-16-24(17-7-2-1-3-8-17)29-23-12-5-4-11-21(22)23/h1-12,15-16,19H,13-14H2,(H,27,30)(H,28,31). The quantitative estimate of drug-likeness (QED) is 0.487. The van der Waals surface area contributed by atoms with E-state index in [1.54, 1.807) is 24.3 Å². The van der Waals surface area contributed by atoms with Crippen molar-refractivity contribution in [1.82, 2.24) is 10.3 Å². The van der Waals surface area contributed by atoms with Gasteiger partial charge in [0.1, 0.15) is 0 Å². The molecule has 1 aromatic heterocycles. The maximum absolute atomic E-state index is 13.2. The van der Waals surface area contributed by atoms with Gasteiger partial charge in [0.2, 0.25) is 0 Å². The van der Waals surface area contributed by atoms with Gasteiger partial charge in [-0.2, -0.15) is 0 Å². The number of benzene rings is 3. The summed E-state index contributed by atoms with van der Waals surface area (Å²) in [6.07, 6.45) is 2.06. The topological polar surface area (TPSA) is 71.1 Å². The van der Waals surface area contributed by atoms with E-state index < -0.39 is 0 Å². The molecule has 1 heterocycles. The van der Waals surface area contributed by atoms with Crippen LogP contribution in [0.4, 0.5) is 5.69 Å². The van der Waals surface area contributed by atoms with Crippen LogP contribution in [-0.2, 0) is 0 Å². The van der Waals surface area contributed by atoms with E-state index in [0.717, 1.165) is 35.0 Å².